The number of sulfonamides is 1. The zero-order chi connectivity index (χ0) is 30.3. The Morgan fingerprint density at radius 2 is 1.93 bits per heavy atom. The van der Waals surface area contributed by atoms with Gasteiger partial charge in [0.05, 0.1) is 24.2 Å². The normalized spacial score (nSPS) is 14.6. The number of ether oxygens (including phenoxy) is 1. The first-order valence-electron chi connectivity index (χ1n) is 14.4. The predicted octanol–water partition coefficient (Wildman–Crippen LogP) is 7.13. The van der Waals surface area contributed by atoms with Gasteiger partial charge in [0, 0.05) is 24.9 Å². The number of benzene rings is 2. The lowest BCUT2D eigenvalue weighted by molar-refractivity contribution is -0.128. The summed E-state index contributed by atoms with van der Waals surface area (Å²) in [7, 11) is -4.08. The molecule has 0 saturated carbocycles. The molecule has 2 heterocycles. The average molecular weight is 615 g/mol. The fourth-order valence-corrected chi connectivity index (χ4v) is 6.19. The van der Waals surface area contributed by atoms with Crippen LogP contribution in [0.1, 0.15) is 76.2 Å². The number of aliphatic imine (C=N–C) groups is 1. The molecule has 1 N–H and O–H groups in total. The Kier molecular flexibility index (Phi) is 10.8. The molecule has 0 unspecified atom stereocenters. The Morgan fingerprint density at radius 3 is 2.64 bits per heavy atom. The highest BCUT2D eigenvalue weighted by molar-refractivity contribution is 7.92. The third-order valence-electron chi connectivity index (χ3n) is 7.03. The van der Waals surface area contributed by atoms with Gasteiger partial charge in [-0.25, -0.2) is 8.42 Å². The van der Waals surface area contributed by atoms with E-state index in [1.54, 1.807) is 25.1 Å². The van der Waals surface area contributed by atoms with Crippen LogP contribution in [0.4, 0.5) is 5.82 Å². The van der Waals surface area contributed by atoms with Crippen LogP contribution in [-0.4, -0.2) is 42.9 Å². The molecule has 2 aromatic carbocycles. The summed E-state index contributed by atoms with van der Waals surface area (Å²) in [5, 5.41) is 3.85. The van der Waals surface area contributed by atoms with Gasteiger partial charge >= 0.3 is 0 Å². The summed E-state index contributed by atoms with van der Waals surface area (Å²) in [6, 6.07) is 12.6. The van der Waals surface area contributed by atoms with E-state index < -0.39 is 10.0 Å². The maximum absolute atomic E-state index is 13.5. The van der Waals surface area contributed by atoms with Crippen molar-refractivity contribution in [2.75, 3.05) is 11.3 Å². The maximum Gasteiger partial charge on any atom is 0.263 e. The Hall–Kier alpha value is -3.21. The minimum absolute atomic E-state index is 0.0385. The number of hydrogen-bond acceptors (Lipinski definition) is 7. The molecule has 0 spiro atoms. The van der Waals surface area contributed by atoms with Crippen LogP contribution in [0.2, 0.25) is 5.02 Å². The molecule has 1 aliphatic rings. The maximum atomic E-state index is 13.5. The quantitative estimate of drug-likeness (QED) is 0.232. The Labute approximate surface area is 253 Å². The number of nitrogens with one attached hydrogen (secondary N) is 1. The molecule has 0 radical (unpaired) electrons. The summed E-state index contributed by atoms with van der Waals surface area (Å²) in [6.07, 6.45) is 4.95. The van der Waals surface area contributed by atoms with Gasteiger partial charge in [-0.3, -0.25) is 19.4 Å². The van der Waals surface area contributed by atoms with Crippen molar-refractivity contribution in [3.63, 3.8) is 0 Å². The molecule has 42 heavy (non-hydrogen) atoms. The molecule has 1 aliphatic heterocycles. The number of amidine groups is 1. The Morgan fingerprint density at radius 1 is 1.14 bits per heavy atom. The summed E-state index contributed by atoms with van der Waals surface area (Å²) in [6.45, 7) is 9.01. The molecule has 1 aromatic heterocycles. The van der Waals surface area contributed by atoms with Crippen molar-refractivity contribution in [3.05, 3.63) is 64.4 Å². The number of rotatable bonds is 12. The molecule has 1 amide bonds. The second kappa shape index (κ2) is 14.3. The summed E-state index contributed by atoms with van der Waals surface area (Å²) >= 11 is 6.18. The van der Waals surface area contributed by atoms with Crippen LogP contribution in [0.25, 0.3) is 11.1 Å². The van der Waals surface area contributed by atoms with Crippen molar-refractivity contribution < 1.29 is 22.5 Å². The smallest absolute Gasteiger partial charge is 0.263 e. The van der Waals surface area contributed by atoms with Gasteiger partial charge in [0.15, 0.2) is 5.76 Å². The Bertz CT molecular complexity index is 1530. The molecule has 0 bridgehead atoms. The highest BCUT2D eigenvalue weighted by atomic mass is 35.5. The van der Waals surface area contributed by atoms with E-state index in [0.717, 1.165) is 55.6 Å². The van der Waals surface area contributed by atoms with Gasteiger partial charge in [0.2, 0.25) is 11.7 Å². The summed E-state index contributed by atoms with van der Waals surface area (Å²) in [4.78, 5) is 19.9. The number of aryl methyl sites for hydroxylation is 1. The van der Waals surface area contributed by atoms with Crippen LogP contribution in [0.15, 0.2) is 56.9 Å². The van der Waals surface area contributed by atoms with E-state index in [-0.39, 0.29) is 34.4 Å². The molecular formula is C31H39ClN4O5S. The number of hydrogen-bond donors (Lipinski definition) is 1. The summed E-state index contributed by atoms with van der Waals surface area (Å²) in [5.41, 5.74) is 2.94. The third-order valence-corrected chi connectivity index (χ3v) is 8.87. The van der Waals surface area contributed by atoms with Crippen molar-refractivity contribution in [2.24, 2.45) is 4.99 Å². The minimum atomic E-state index is -4.08. The number of carbonyl (C=O) groups excluding carboxylic acids is 1. The van der Waals surface area contributed by atoms with Crippen molar-refractivity contribution in [1.29, 1.82) is 0 Å². The average Bonchev–Trinajstić information content (AvgIpc) is 3.27. The van der Waals surface area contributed by atoms with Gasteiger partial charge in [-0.05, 0) is 62.8 Å². The van der Waals surface area contributed by atoms with E-state index in [4.69, 9.17) is 25.9 Å². The van der Waals surface area contributed by atoms with Crippen LogP contribution in [-0.2, 0) is 32.7 Å². The molecule has 4 rings (SSSR count). The van der Waals surface area contributed by atoms with E-state index in [1.165, 1.54) is 6.07 Å². The van der Waals surface area contributed by atoms with Crippen LogP contribution in [0, 0.1) is 6.92 Å². The second-order valence-electron chi connectivity index (χ2n) is 10.7. The SMILES string of the molecule is CCCCC1=NCCCCC(=O)N1Cc1ccc(-c2ccccc2S(=O)(=O)Nc2noc(C)c2Cl)c(COC(C)C)c1. The number of aromatic nitrogens is 1. The lowest BCUT2D eigenvalue weighted by Gasteiger charge is -2.27. The molecule has 0 aliphatic carbocycles. The summed E-state index contributed by atoms with van der Waals surface area (Å²) < 4.78 is 40.6. The highest BCUT2D eigenvalue weighted by Crippen LogP contribution is 2.34. The number of nitrogens with zero attached hydrogens (tertiary/aromatic N) is 3. The van der Waals surface area contributed by atoms with Crippen LogP contribution in [0.3, 0.4) is 0 Å². The van der Waals surface area contributed by atoms with E-state index in [9.17, 15) is 13.2 Å². The first kappa shape index (κ1) is 31.7. The third kappa shape index (κ3) is 7.79. The largest absolute Gasteiger partial charge is 0.374 e. The zero-order valence-electron chi connectivity index (χ0n) is 24.7. The van der Waals surface area contributed by atoms with Gasteiger partial charge in [-0.2, -0.15) is 0 Å². The number of halogens is 1. The fraction of sp³-hybridized carbons (Fsp3) is 0.452. The number of amides is 1. The molecule has 0 atom stereocenters. The van der Waals surface area contributed by atoms with Gasteiger partial charge < -0.3 is 9.26 Å². The minimum Gasteiger partial charge on any atom is -0.374 e. The highest BCUT2D eigenvalue weighted by Gasteiger charge is 2.25. The molecular weight excluding hydrogens is 576 g/mol. The standard InChI is InChI=1S/C31H39ClN4O5S/c1-5-6-13-28-33-17-10-9-14-29(37)36(28)19-23-15-16-25(24(18-23)20-40-21(2)3)26-11-7-8-12-27(26)42(38,39)35-31-30(32)22(4)41-34-31/h7-8,11-12,15-16,18,21H,5-6,9-10,13-14,17,19-20H2,1-4H3,(H,34,35). The van der Waals surface area contributed by atoms with E-state index in [2.05, 4.69) is 16.8 Å². The lowest BCUT2D eigenvalue weighted by Crippen LogP contribution is -2.37. The Balaban J connectivity index is 1.73. The summed E-state index contributed by atoms with van der Waals surface area (Å²) in [5.74, 6) is 1.17. The van der Waals surface area contributed by atoms with Crippen LogP contribution >= 0.6 is 11.6 Å². The zero-order valence-corrected chi connectivity index (χ0v) is 26.2. The van der Waals surface area contributed by atoms with Gasteiger partial charge in [-0.1, -0.05) is 66.5 Å². The van der Waals surface area contributed by atoms with Gasteiger partial charge in [-0.15, -0.1) is 0 Å². The monoisotopic (exact) mass is 614 g/mol. The topological polar surface area (TPSA) is 114 Å². The van der Waals surface area contributed by atoms with Crippen molar-refractivity contribution in [2.45, 2.75) is 90.4 Å². The van der Waals surface area contributed by atoms with Crippen LogP contribution in [0.5, 0.6) is 0 Å². The van der Waals surface area contributed by atoms with Crippen molar-refractivity contribution in [3.8, 4) is 11.1 Å². The number of unbranched alkanes of at least 4 members (excludes halogenated alkanes) is 1. The molecule has 0 fully saturated rings. The van der Waals surface area contributed by atoms with Gasteiger partial charge in [0.1, 0.15) is 10.9 Å². The molecule has 9 nitrogen and oxygen atoms in total. The number of carbonyl (C=O) groups is 1. The van der Waals surface area contributed by atoms with Crippen LogP contribution < -0.4 is 4.72 Å². The van der Waals surface area contributed by atoms with Crippen molar-refractivity contribution in [1.82, 2.24) is 10.1 Å². The van der Waals surface area contributed by atoms with E-state index >= 15 is 0 Å². The lowest BCUT2D eigenvalue weighted by atomic mass is 9.97. The van der Waals surface area contributed by atoms with E-state index in [0.29, 0.717) is 29.9 Å². The first-order chi connectivity index (χ1) is 20.1. The molecule has 11 heteroatoms. The van der Waals surface area contributed by atoms with Crippen molar-refractivity contribution >= 4 is 39.2 Å². The number of anilines is 1. The molecule has 0 saturated heterocycles. The van der Waals surface area contributed by atoms with E-state index in [1.807, 2.05) is 36.9 Å². The van der Waals surface area contributed by atoms with Gasteiger partial charge in [0.25, 0.3) is 10.0 Å². The molecule has 3 aromatic rings. The predicted molar refractivity (Wildman–Crippen MR) is 165 cm³/mol. The fourth-order valence-electron chi connectivity index (χ4n) is 4.79. The first-order valence-corrected chi connectivity index (χ1v) is 16.3. The molecule has 226 valence electrons. The second-order valence-corrected chi connectivity index (χ2v) is 12.7.